The average molecular weight is 485 g/mol. The molecule has 1 atom stereocenters. The average Bonchev–Trinajstić information content (AvgIpc) is 3.43. The molecule has 10 nitrogen and oxygen atoms in total. The van der Waals surface area contributed by atoms with Crippen LogP contribution in [0.4, 0.5) is 5.69 Å². The van der Waals surface area contributed by atoms with Crippen LogP contribution in [0.5, 0.6) is 0 Å². The Balaban J connectivity index is 1.06. The van der Waals surface area contributed by atoms with E-state index in [0.29, 0.717) is 12.0 Å². The van der Waals surface area contributed by atoms with Gasteiger partial charge in [-0.25, -0.2) is 0 Å². The molecule has 1 saturated heterocycles. The largest absolute Gasteiger partial charge is 0.385 e. The molecule has 10 heteroatoms. The van der Waals surface area contributed by atoms with Gasteiger partial charge in [-0.3, -0.25) is 39.1 Å². The summed E-state index contributed by atoms with van der Waals surface area (Å²) in [6.45, 7) is 0.739. The third-order valence-corrected chi connectivity index (χ3v) is 7.18. The molecule has 2 aromatic heterocycles. The summed E-state index contributed by atoms with van der Waals surface area (Å²) >= 11 is 0. The highest BCUT2D eigenvalue weighted by molar-refractivity contribution is 6.23. The summed E-state index contributed by atoms with van der Waals surface area (Å²) in [5.41, 5.74) is 3.21. The smallest absolute Gasteiger partial charge is 0.262 e. The van der Waals surface area contributed by atoms with Crippen molar-refractivity contribution in [3.05, 3.63) is 66.1 Å². The number of anilines is 1. The number of pyridine rings is 1. The lowest BCUT2D eigenvalue weighted by Crippen LogP contribution is -2.54. The minimum Gasteiger partial charge on any atom is -0.385 e. The number of carbonyl (C=O) groups excluding carboxylic acids is 4. The Kier molecular flexibility index (Phi) is 5.36. The summed E-state index contributed by atoms with van der Waals surface area (Å²) in [5, 5.41) is 10.1. The van der Waals surface area contributed by atoms with Gasteiger partial charge in [-0.05, 0) is 55.5 Å². The minimum absolute atomic E-state index is 0.0992. The maximum absolute atomic E-state index is 13.0. The molecule has 4 amide bonds. The first-order valence-corrected chi connectivity index (χ1v) is 12.0. The van der Waals surface area contributed by atoms with Crippen LogP contribution >= 0.6 is 0 Å². The molecule has 6 rings (SSSR count). The Morgan fingerprint density at radius 3 is 2.64 bits per heavy atom. The lowest BCUT2D eigenvalue weighted by atomic mass is 9.80. The highest BCUT2D eigenvalue weighted by Crippen LogP contribution is 2.38. The zero-order chi connectivity index (χ0) is 24.8. The zero-order valence-electron chi connectivity index (χ0n) is 19.4. The van der Waals surface area contributed by atoms with Gasteiger partial charge in [0.05, 0.1) is 29.1 Å². The summed E-state index contributed by atoms with van der Waals surface area (Å²) in [5.74, 6) is -1.54. The van der Waals surface area contributed by atoms with Crippen molar-refractivity contribution in [1.82, 2.24) is 25.0 Å². The number of carbonyl (C=O) groups is 4. The number of rotatable bonds is 6. The van der Waals surface area contributed by atoms with Crippen molar-refractivity contribution < 1.29 is 19.2 Å². The topological polar surface area (TPSA) is 126 Å². The van der Waals surface area contributed by atoms with Crippen molar-refractivity contribution >= 4 is 29.3 Å². The molecule has 0 spiro atoms. The molecule has 0 radical (unpaired) electrons. The Morgan fingerprint density at radius 1 is 1.03 bits per heavy atom. The van der Waals surface area contributed by atoms with E-state index >= 15 is 0 Å². The number of nitrogens with zero attached hydrogens (tertiary/aromatic N) is 4. The Labute approximate surface area is 206 Å². The summed E-state index contributed by atoms with van der Waals surface area (Å²) in [6, 6.07) is 10.3. The molecule has 1 saturated carbocycles. The molecular weight excluding hydrogens is 460 g/mol. The lowest BCUT2D eigenvalue weighted by molar-refractivity contribution is -0.136. The highest BCUT2D eigenvalue weighted by Gasteiger charge is 2.44. The van der Waals surface area contributed by atoms with Gasteiger partial charge in [0.25, 0.3) is 11.8 Å². The number of amides is 4. The molecule has 182 valence electrons. The van der Waals surface area contributed by atoms with Crippen LogP contribution in [-0.4, -0.2) is 55.9 Å². The van der Waals surface area contributed by atoms with Crippen molar-refractivity contribution in [1.29, 1.82) is 0 Å². The fraction of sp³-hybridized carbons (Fsp3) is 0.308. The number of piperidine rings is 1. The summed E-state index contributed by atoms with van der Waals surface area (Å²) < 4.78 is 2.00. The van der Waals surface area contributed by atoms with E-state index in [9.17, 15) is 19.2 Å². The van der Waals surface area contributed by atoms with Gasteiger partial charge in [0.15, 0.2) is 0 Å². The number of benzene rings is 1. The molecule has 2 fully saturated rings. The number of aromatic nitrogens is 3. The quantitative estimate of drug-likeness (QED) is 0.515. The van der Waals surface area contributed by atoms with Crippen LogP contribution in [-0.2, 0) is 9.59 Å². The first-order chi connectivity index (χ1) is 17.5. The van der Waals surface area contributed by atoms with E-state index in [1.165, 1.54) is 0 Å². The van der Waals surface area contributed by atoms with Gasteiger partial charge in [-0.15, -0.1) is 0 Å². The first kappa shape index (κ1) is 22.1. The SMILES string of the molecule is O=C1CCC(N2C(=O)c3ccc(NCC4CC(n5cc(-c6ccccn6)cn5)C4)cc3C2=O)C(=O)N1. The molecule has 3 aromatic rings. The molecule has 1 unspecified atom stereocenters. The normalized spacial score (nSPS) is 23.3. The van der Waals surface area contributed by atoms with Crippen LogP contribution in [0.15, 0.2) is 55.0 Å². The van der Waals surface area contributed by atoms with E-state index in [1.807, 2.05) is 35.3 Å². The predicted octanol–water partition coefficient (Wildman–Crippen LogP) is 2.41. The van der Waals surface area contributed by atoms with Crippen LogP contribution in [0.1, 0.15) is 52.4 Å². The van der Waals surface area contributed by atoms with Crippen molar-refractivity contribution in [3.8, 4) is 11.3 Å². The number of hydrogen-bond acceptors (Lipinski definition) is 7. The fourth-order valence-corrected chi connectivity index (χ4v) is 5.13. The van der Waals surface area contributed by atoms with Crippen LogP contribution in [0.25, 0.3) is 11.3 Å². The predicted molar refractivity (Wildman–Crippen MR) is 129 cm³/mol. The second-order valence-corrected chi connectivity index (χ2v) is 9.50. The standard InChI is InChI=1S/C26H24N6O4/c33-23-7-6-22(24(34)30-23)32-25(35)19-5-4-17(11-20(19)26(32)36)28-12-15-9-18(10-15)31-14-16(13-29-31)21-3-1-2-8-27-21/h1-5,8,11,13-15,18,22,28H,6-7,9-10,12H2,(H,30,33,34). The first-order valence-electron chi connectivity index (χ1n) is 12.0. The molecule has 36 heavy (non-hydrogen) atoms. The number of hydrogen-bond donors (Lipinski definition) is 2. The molecule has 0 bridgehead atoms. The lowest BCUT2D eigenvalue weighted by Gasteiger charge is -2.35. The maximum atomic E-state index is 13.0. The monoisotopic (exact) mass is 484 g/mol. The molecule has 3 aliphatic rings. The van der Waals surface area contributed by atoms with Gasteiger partial charge >= 0.3 is 0 Å². The number of imide groups is 2. The third-order valence-electron chi connectivity index (χ3n) is 7.18. The minimum atomic E-state index is -0.959. The van der Waals surface area contributed by atoms with Gasteiger partial charge in [-0.1, -0.05) is 6.07 Å². The van der Waals surface area contributed by atoms with Crippen LogP contribution in [0, 0.1) is 5.92 Å². The molecule has 1 aliphatic carbocycles. The number of nitrogens with one attached hydrogen (secondary N) is 2. The van der Waals surface area contributed by atoms with E-state index in [1.54, 1.807) is 24.4 Å². The van der Waals surface area contributed by atoms with E-state index in [4.69, 9.17) is 0 Å². The van der Waals surface area contributed by atoms with E-state index in [2.05, 4.69) is 20.7 Å². The second-order valence-electron chi connectivity index (χ2n) is 9.50. The summed E-state index contributed by atoms with van der Waals surface area (Å²) in [4.78, 5) is 54.8. The molecular formula is C26H24N6O4. The summed E-state index contributed by atoms with van der Waals surface area (Å²) in [6.07, 6.45) is 7.87. The van der Waals surface area contributed by atoms with Crippen molar-refractivity contribution in [2.24, 2.45) is 5.92 Å². The molecule has 2 aliphatic heterocycles. The highest BCUT2D eigenvalue weighted by atomic mass is 16.2. The van der Waals surface area contributed by atoms with Crippen molar-refractivity contribution in [3.63, 3.8) is 0 Å². The van der Waals surface area contributed by atoms with Crippen molar-refractivity contribution in [2.75, 3.05) is 11.9 Å². The van der Waals surface area contributed by atoms with Crippen molar-refractivity contribution in [2.45, 2.75) is 37.8 Å². The molecule has 2 N–H and O–H groups in total. The Hall–Kier alpha value is -4.34. The van der Waals surface area contributed by atoms with Gasteiger partial charge in [0, 0.05) is 36.6 Å². The van der Waals surface area contributed by atoms with E-state index in [-0.39, 0.29) is 24.0 Å². The van der Waals surface area contributed by atoms with Gasteiger partial charge in [0.1, 0.15) is 6.04 Å². The number of fused-ring (bicyclic) bond motifs is 1. The van der Waals surface area contributed by atoms with Gasteiger partial charge < -0.3 is 5.32 Å². The van der Waals surface area contributed by atoms with Gasteiger partial charge in [-0.2, -0.15) is 5.10 Å². The zero-order valence-corrected chi connectivity index (χ0v) is 19.4. The second kappa shape index (κ2) is 8.71. The third kappa shape index (κ3) is 3.84. The Bertz CT molecular complexity index is 1380. The van der Waals surface area contributed by atoms with Crippen LogP contribution < -0.4 is 10.6 Å². The van der Waals surface area contributed by atoms with E-state index < -0.39 is 29.7 Å². The van der Waals surface area contributed by atoms with Crippen LogP contribution in [0.3, 0.4) is 0 Å². The maximum Gasteiger partial charge on any atom is 0.262 e. The van der Waals surface area contributed by atoms with Crippen LogP contribution in [0.2, 0.25) is 0 Å². The fourth-order valence-electron chi connectivity index (χ4n) is 5.13. The summed E-state index contributed by atoms with van der Waals surface area (Å²) in [7, 11) is 0. The van der Waals surface area contributed by atoms with E-state index in [0.717, 1.165) is 41.2 Å². The molecule has 1 aromatic carbocycles. The van der Waals surface area contributed by atoms with Gasteiger partial charge in [0.2, 0.25) is 11.8 Å². The Morgan fingerprint density at radius 2 is 1.86 bits per heavy atom. The molecule has 4 heterocycles.